The van der Waals surface area contributed by atoms with E-state index in [9.17, 15) is 9.59 Å². The molecule has 1 unspecified atom stereocenters. The highest BCUT2D eigenvalue weighted by Gasteiger charge is 2.37. The van der Waals surface area contributed by atoms with Crippen LogP contribution < -0.4 is 9.80 Å². The van der Waals surface area contributed by atoms with Gasteiger partial charge in [-0.25, -0.2) is 0 Å². The van der Waals surface area contributed by atoms with Crippen LogP contribution in [0.3, 0.4) is 0 Å². The van der Waals surface area contributed by atoms with Gasteiger partial charge in [-0.2, -0.15) is 0 Å². The number of hydrogen-bond acceptors (Lipinski definition) is 2. The summed E-state index contributed by atoms with van der Waals surface area (Å²) in [6, 6.07) is 15.6. The number of nitrogens with zero attached hydrogens (tertiary/aromatic N) is 2. The highest BCUT2D eigenvalue weighted by atomic mass is 16.2. The molecule has 0 N–H and O–H groups in total. The van der Waals surface area contributed by atoms with E-state index in [4.69, 9.17) is 0 Å². The summed E-state index contributed by atoms with van der Waals surface area (Å²) in [6.45, 7) is 4.56. The molecule has 1 heterocycles. The average molecular weight is 336 g/mol. The van der Waals surface area contributed by atoms with Crippen molar-refractivity contribution in [3.8, 4) is 0 Å². The number of aryl methyl sites for hydroxylation is 2. The van der Waals surface area contributed by atoms with E-state index < -0.39 is 0 Å². The fourth-order valence-corrected chi connectivity index (χ4v) is 3.53. The predicted octanol–water partition coefficient (Wildman–Crippen LogP) is 3.57. The smallest absolute Gasteiger partial charge is 0.232 e. The summed E-state index contributed by atoms with van der Waals surface area (Å²) < 4.78 is 0. The van der Waals surface area contributed by atoms with Crippen LogP contribution in [-0.4, -0.2) is 25.4 Å². The van der Waals surface area contributed by atoms with Crippen molar-refractivity contribution in [2.24, 2.45) is 5.92 Å². The van der Waals surface area contributed by atoms with Crippen LogP contribution in [0, 0.1) is 12.8 Å². The lowest BCUT2D eigenvalue weighted by Crippen LogP contribution is -2.35. The Hall–Kier alpha value is -2.62. The predicted molar refractivity (Wildman–Crippen MR) is 101 cm³/mol. The molecule has 4 heteroatoms. The van der Waals surface area contributed by atoms with Gasteiger partial charge in [0.1, 0.15) is 0 Å². The Morgan fingerprint density at radius 1 is 1.16 bits per heavy atom. The monoisotopic (exact) mass is 336 g/mol. The molecular formula is C21H24N2O2. The van der Waals surface area contributed by atoms with Crippen LogP contribution >= 0.6 is 0 Å². The van der Waals surface area contributed by atoms with Crippen molar-refractivity contribution in [2.75, 3.05) is 23.4 Å². The molecule has 1 saturated heterocycles. The van der Waals surface area contributed by atoms with Crippen LogP contribution in [0.5, 0.6) is 0 Å². The van der Waals surface area contributed by atoms with Gasteiger partial charge in [0.2, 0.25) is 11.8 Å². The molecule has 25 heavy (non-hydrogen) atoms. The first kappa shape index (κ1) is 17.2. The lowest BCUT2D eigenvalue weighted by molar-refractivity contribution is -0.124. The van der Waals surface area contributed by atoms with Crippen molar-refractivity contribution in [3.63, 3.8) is 0 Å². The van der Waals surface area contributed by atoms with E-state index in [1.807, 2.05) is 49.4 Å². The molecule has 1 aliphatic heterocycles. The van der Waals surface area contributed by atoms with Gasteiger partial charge in [-0.3, -0.25) is 9.59 Å². The molecule has 0 aliphatic carbocycles. The number of hydrogen-bond donors (Lipinski definition) is 0. The molecule has 0 radical (unpaired) electrons. The van der Waals surface area contributed by atoms with E-state index in [0.29, 0.717) is 6.54 Å². The van der Waals surface area contributed by atoms with Crippen molar-refractivity contribution in [2.45, 2.75) is 26.7 Å². The third kappa shape index (κ3) is 3.29. The second-order valence-corrected chi connectivity index (χ2v) is 6.57. The summed E-state index contributed by atoms with van der Waals surface area (Å²) in [6.07, 6.45) is 1.14. The second kappa shape index (κ2) is 7.09. The Bertz CT molecular complexity index is 786. The lowest BCUT2D eigenvalue weighted by Gasteiger charge is -2.24. The third-order valence-electron chi connectivity index (χ3n) is 4.92. The van der Waals surface area contributed by atoms with Crippen molar-refractivity contribution >= 4 is 23.2 Å². The number of carbonyl (C=O) groups is 2. The molecule has 2 aromatic carbocycles. The van der Waals surface area contributed by atoms with Gasteiger partial charge in [0, 0.05) is 31.4 Å². The second-order valence-electron chi connectivity index (χ2n) is 6.57. The van der Waals surface area contributed by atoms with Gasteiger partial charge < -0.3 is 9.80 Å². The molecule has 2 aromatic rings. The molecule has 4 nitrogen and oxygen atoms in total. The zero-order valence-electron chi connectivity index (χ0n) is 15.0. The van der Waals surface area contributed by atoms with Crippen molar-refractivity contribution in [1.29, 1.82) is 0 Å². The molecule has 0 spiro atoms. The number of benzene rings is 2. The van der Waals surface area contributed by atoms with Gasteiger partial charge in [0.25, 0.3) is 0 Å². The van der Waals surface area contributed by atoms with Crippen LogP contribution in [0.4, 0.5) is 11.4 Å². The fraction of sp³-hybridized carbons (Fsp3) is 0.333. The van der Waals surface area contributed by atoms with E-state index in [2.05, 4.69) is 13.0 Å². The molecule has 1 aliphatic rings. The molecule has 1 atom stereocenters. The van der Waals surface area contributed by atoms with Crippen LogP contribution in [0.2, 0.25) is 0 Å². The first-order valence-electron chi connectivity index (χ1n) is 8.74. The first-order valence-corrected chi connectivity index (χ1v) is 8.74. The number of anilines is 2. The zero-order valence-corrected chi connectivity index (χ0v) is 15.0. The summed E-state index contributed by atoms with van der Waals surface area (Å²) in [7, 11) is 1.77. The van der Waals surface area contributed by atoms with E-state index in [1.54, 1.807) is 16.8 Å². The number of para-hydroxylation sites is 2. The average Bonchev–Trinajstić information content (AvgIpc) is 3.02. The maximum Gasteiger partial charge on any atom is 0.232 e. The van der Waals surface area contributed by atoms with E-state index in [1.165, 1.54) is 0 Å². The topological polar surface area (TPSA) is 40.6 Å². The van der Waals surface area contributed by atoms with Gasteiger partial charge in [-0.15, -0.1) is 0 Å². The van der Waals surface area contributed by atoms with E-state index in [0.717, 1.165) is 28.9 Å². The lowest BCUT2D eigenvalue weighted by atomic mass is 10.0. The minimum atomic E-state index is -0.304. The zero-order chi connectivity index (χ0) is 18.0. The Labute approximate surface area is 149 Å². The minimum absolute atomic E-state index is 0.00585. The Kier molecular flexibility index (Phi) is 4.88. The molecule has 130 valence electrons. The SMILES string of the molecule is CCc1cccc(C)c1N1CC(C(=O)N(C)c2ccccc2)CC1=O. The first-order chi connectivity index (χ1) is 12.0. The number of carbonyl (C=O) groups excluding carboxylic acids is 2. The molecular weight excluding hydrogens is 312 g/mol. The van der Waals surface area contributed by atoms with Gasteiger partial charge >= 0.3 is 0 Å². The van der Waals surface area contributed by atoms with Crippen LogP contribution in [-0.2, 0) is 16.0 Å². The van der Waals surface area contributed by atoms with Gasteiger partial charge in [0.05, 0.1) is 5.92 Å². The maximum absolute atomic E-state index is 12.9. The summed E-state index contributed by atoms with van der Waals surface area (Å²) >= 11 is 0. The summed E-state index contributed by atoms with van der Waals surface area (Å²) in [4.78, 5) is 28.9. The molecule has 0 saturated carbocycles. The quantitative estimate of drug-likeness (QED) is 0.856. The molecule has 1 fully saturated rings. The highest BCUT2D eigenvalue weighted by molar-refractivity contribution is 6.04. The maximum atomic E-state index is 12.9. The molecule has 0 bridgehead atoms. The van der Waals surface area contributed by atoms with Crippen LogP contribution in [0.1, 0.15) is 24.5 Å². The van der Waals surface area contributed by atoms with Gasteiger partial charge in [0.15, 0.2) is 0 Å². The van der Waals surface area contributed by atoms with E-state index >= 15 is 0 Å². The number of amides is 2. The van der Waals surface area contributed by atoms with Crippen molar-refractivity contribution in [1.82, 2.24) is 0 Å². The number of rotatable bonds is 4. The Morgan fingerprint density at radius 2 is 1.88 bits per heavy atom. The van der Waals surface area contributed by atoms with Crippen LogP contribution in [0.25, 0.3) is 0 Å². The summed E-state index contributed by atoms with van der Waals surface area (Å²) in [5.41, 5.74) is 4.06. The van der Waals surface area contributed by atoms with Gasteiger partial charge in [-0.1, -0.05) is 43.3 Å². The fourth-order valence-electron chi connectivity index (χ4n) is 3.53. The third-order valence-corrected chi connectivity index (χ3v) is 4.92. The molecule has 0 aromatic heterocycles. The molecule has 2 amide bonds. The largest absolute Gasteiger partial charge is 0.315 e. The molecule has 3 rings (SSSR count). The highest BCUT2D eigenvalue weighted by Crippen LogP contribution is 2.32. The minimum Gasteiger partial charge on any atom is -0.315 e. The van der Waals surface area contributed by atoms with E-state index in [-0.39, 0.29) is 24.2 Å². The van der Waals surface area contributed by atoms with Crippen molar-refractivity contribution in [3.05, 3.63) is 59.7 Å². The van der Waals surface area contributed by atoms with Crippen molar-refractivity contribution < 1.29 is 9.59 Å². The Balaban J connectivity index is 1.83. The summed E-state index contributed by atoms with van der Waals surface area (Å²) in [5, 5.41) is 0. The summed E-state index contributed by atoms with van der Waals surface area (Å²) in [5.74, 6) is -0.278. The van der Waals surface area contributed by atoms with Crippen LogP contribution in [0.15, 0.2) is 48.5 Å². The Morgan fingerprint density at radius 3 is 2.56 bits per heavy atom. The standard InChI is InChI=1S/C21H24N2O2/c1-4-16-10-8-9-15(2)20(16)23-14-17(13-19(23)24)21(25)22(3)18-11-6-5-7-12-18/h5-12,17H,4,13-14H2,1-3H3. The van der Waals surface area contributed by atoms with Gasteiger partial charge in [-0.05, 0) is 36.6 Å². The normalized spacial score (nSPS) is 17.0.